The van der Waals surface area contributed by atoms with Gasteiger partial charge in [0.05, 0.1) is 5.69 Å². The Kier molecular flexibility index (Phi) is 4.08. The van der Waals surface area contributed by atoms with Gasteiger partial charge >= 0.3 is 0 Å². The van der Waals surface area contributed by atoms with Crippen LogP contribution in [0.25, 0.3) is 11.3 Å². The van der Waals surface area contributed by atoms with Crippen molar-refractivity contribution in [3.63, 3.8) is 0 Å². The first-order chi connectivity index (χ1) is 13.1. The molecule has 1 aliphatic carbocycles. The Morgan fingerprint density at radius 3 is 2.63 bits per heavy atom. The van der Waals surface area contributed by atoms with Crippen molar-refractivity contribution in [1.29, 1.82) is 0 Å². The molecule has 27 heavy (non-hydrogen) atoms. The molecule has 1 saturated heterocycles. The van der Waals surface area contributed by atoms with Gasteiger partial charge in [0.25, 0.3) is 5.56 Å². The van der Waals surface area contributed by atoms with E-state index in [4.69, 9.17) is 4.74 Å². The first-order valence-electron chi connectivity index (χ1n) is 10.2. The van der Waals surface area contributed by atoms with E-state index in [1.165, 1.54) is 42.6 Å². The molecule has 0 radical (unpaired) electrons. The van der Waals surface area contributed by atoms with E-state index in [9.17, 15) is 4.79 Å². The fourth-order valence-corrected chi connectivity index (χ4v) is 4.74. The number of benzene rings is 1. The molecule has 142 valence electrons. The maximum atomic E-state index is 11.6. The van der Waals surface area contributed by atoms with Gasteiger partial charge in [-0.3, -0.25) is 4.79 Å². The highest BCUT2D eigenvalue weighted by atomic mass is 16.5. The summed E-state index contributed by atoms with van der Waals surface area (Å²) < 4.78 is 7.96. The minimum Gasteiger partial charge on any atom is -0.487 e. The number of likely N-dealkylation sites (tertiary alicyclic amines) is 1. The largest absolute Gasteiger partial charge is 0.487 e. The van der Waals surface area contributed by atoms with E-state index in [1.807, 2.05) is 0 Å². The van der Waals surface area contributed by atoms with Gasteiger partial charge in [-0.25, -0.2) is 4.68 Å². The van der Waals surface area contributed by atoms with Crippen molar-refractivity contribution < 1.29 is 4.74 Å². The van der Waals surface area contributed by atoms with Gasteiger partial charge < -0.3 is 9.64 Å². The molecule has 0 atom stereocenters. The van der Waals surface area contributed by atoms with Gasteiger partial charge in [-0.1, -0.05) is 6.42 Å². The number of hydrogen-bond donors (Lipinski definition) is 0. The van der Waals surface area contributed by atoms with Crippen molar-refractivity contribution in [2.24, 2.45) is 7.05 Å². The number of hydrogen-bond acceptors (Lipinski definition) is 4. The van der Waals surface area contributed by atoms with Crippen molar-refractivity contribution in [3.05, 3.63) is 46.2 Å². The molecule has 0 amide bonds. The zero-order valence-corrected chi connectivity index (χ0v) is 16.0. The van der Waals surface area contributed by atoms with Crippen molar-refractivity contribution in [3.8, 4) is 17.0 Å². The second kappa shape index (κ2) is 6.48. The molecular formula is C22H27N3O2. The number of fused-ring (bicyclic) bond motifs is 1. The summed E-state index contributed by atoms with van der Waals surface area (Å²) in [6.07, 6.45) is 8.63. The molecule has 5 rings (SSSR count). The number of aryl methyl sites for hydroxylation is 2. The van der Waals surface area contributed by atoms with Gasteiger partial charge in [-0.15, -0.1) is 0 Å². The smallest absolute Gasteiger partial charge is 0.266 e. The topological polar surface area (TPSA) is 47.4 Å². The zero-order valence-electron chi connectivity index (χ0n) is 16.0. The highest BCUT2D eigenvalue weighted by Crippen LogP contribution is 2.41. The first-order valence-corrected chi connectivity index (χ1v) is 10.2. The summed E-state index contributed by atoms with van der Waals surface area (Å²) in [4.78, 5) is 14.3. The molecule has 3 aliphatic rings. The van der Waals surface area contributed by atoms with Crippen LogP contribution in [-0.4, -0.2) is 39.4 Å². The molecule has 1 aromatic carbocycles. The van der Waals surface area contributed by atoms with E-state index in [1.54, 1.807) is 19.2 Å². The third-order valence-electron chi connectivity index (χ3n) is 6.79. The van der Waals surface area contributed by atoms with Crippen LogP contribution >= 0.6 is 0 Å². The van der Waals surface area contributed by atoms with Crippen LogP contribution in [0.1, 0.15) is 44.1 Å². The van der Waals surface area contributed by atoms with Crippen LogP contribution in [0, 0.1) is 0 Å². The van der Waals surface area contributed by atoms with E-state index >= 15 is 0 Å². The van der Waals surface area contributed by atoms with Gasteiger partial charge in [-0.2, -0.15) is 5.10 Å². The molecule has 2 aromatic rings. The molecule has 2 aliphatic heterocycles. The van der Waals surface area contributed by atoms with Gasteiger partial charge in [0.15, 0.2) is 0 Å². The molecule has 1 spiro atoms. The second-order valence-corrected chi connectivity index (χ2v) is 8.41. The van der Waals surface area contributed by atoms with Crippen LogP contribution in [0.2, 0.25) is 0 Å². The standard InChI is InChI=1S/C22H27N3O2/c1-24-21(26)8-6-19(23-24)16-5-7-20-17(15-16)9-10-22(27-20)11-13-25(14-12-22)18-3-2-4-18/h5-8,15,18H,2-4,9-14H2,1H3. The summed E-state index contributed by atoms with van der Waals surface area (Å²) in [5.74, 6) is 1.03. The van der Waals surface area contributed by atoms with Crippen molar-refractivity contribution in [2.75, 3.05) is 13.1 Å². The number of ether oxygens (including phenoxy) is 1. The van der Waals surface area contributed by atoms with Gasteiger partial charge in [0.2, 0.25) is 0 Å². The zero-order chi connectivity index (χ0) is 18.4. The minimum atomic E-state index is -0.0878. The van der Waals surface area contributed by atoms with E-state index in [0.29, 0.717) is 0 Å². The molecular weight excluding hydrogens is 338 g/mol. The van der Waals surface area contributed by atoms with E-state index in [2.05, 4.69) is 28.2 Å². The van der Waals surface area contributed by atoms with Gasteiger partial charge in [-0.05, 0) is 68.4 Å². The second-order valence-electron chi connectivity index (χ2n) is 8.41. The molecule has 0 N–H and O–H groups in total. The lowest BCUT2D eigenvalue weighted by Crippen LogP contribution is -2.53. The number of piperidine rings is 1. The van der Waals surface area contributed by atoms with Crippen LogP contribution in [-0.2, 0) is 13.5 Å². The molecule has 1 saturated carbocycles. The molecule has 5 heteroatoms. The summed E-state index contributed by atoms with van der Waals surface area (Å²) in [5, 5.41) is 4.37. The lowest BCUT2D eigenvalue weighted by atomic mass is 9.81. The van der Waals surface area contributed by atoms with E-state index in [-0.39, 0.29) is 11.2 Å². The fraction of sp³-hybridized carbons (Fsp3) is 0.545. The summed E-state index contributed by atoms with van der Waals surface area (Å²) >= 11 is 0. The van der Waals surface area contributed by atoms with E-state index < -0.39 is 0 Å². The Hall–Kier alpha value is -2.14. The van der Waals surface area contributed by atoms with Crippen molar-refractivity contribution in [1.82, 2.24) is 14.7 Å². The molecule has 1 aromatic heterocycles. The molecule has 0 unspecified atom stereocenters. The monoisotopic (exact) mass is 365 g/mol. The highest BCUT2D eigenvalue weighted by molar-refractivity contribution is 5.62. The van der Waals surface area contributed by atoms with Crippen molar-refractivity contribution in [2.45, 2.75) is 56.6 Å². The maximum Gasteiger partial charge on any atom is 0.266 e. The lowest BCUT2D eigenvalue weighted by molar-refractivity contribution is -0.0336. The fourth-order valence-electron chi connectivity index (χ4n) is 4.74. The Bertz CT molecular complexity index is 908. The average Bonchev–Trinajstić information content (AvgIpc) is 2.64. The summed E-state index contributed by atoms with van der Waals surface area (Å²) in [6.45, 7) is 2.36. The van der Waals surface area contributed by atoms with Crippen LogP contribution in [0.4, 0.5) is 0 Å². The van der Waals surface area contributed by atoms with Gasteiger partial charge in [0, 0.05) is 37.8 Å². The van der Waals surface area contributed by atoms with Gasteiger partial charge in [0.1, 0.15) is 11.4 Å². The van der Waals surface area contributed by atoms with E-state index in [0.717, 1.165) is 48.7 Å². The number of aromatic nitrogens is 2. The Labute approximate surface area is 160 Å². The molecule has 3 heterocycles. The van der Waals surface area contributed by atoms with Crippen molar-refractivity contribution >= 4 is 0 Å². The molecule has 2 fully saturated rings. The van der Waals surface area contributed by atoms with Crippen LogP contribution < -0.4 is 10.3 Å². The normalized spacial score (nSPS) is 22.1. The van der Waals surface area contributed by atoms with Crippen LogP contribution in [0.5, 0.6) is 5.75 Å². The SMILES string of the molecule is Cn1nc(-c2ccc3c(c2)CCC2(CCN(C4CCC4)CC2)O3)ccc1=O. The third-order valence-corrected chi connectivity index (χ3v) is 6.79. The molecule has 5 nitrogen and oxygen atoms in total. The predicted octanol–water partition coefficient (Wildman–Crippen LogP) is 3.16. The quantitative estimate of drug-likeness (QED) is 0.820. The van der Waals surface area contributed by atoms with Crippen LogP contribution in [0.3, 0.4) is 0 Å². The Balaban J connectivity index is 1.33. The predicted molar refractivity (Wildman–Crippen MR) is 105 cm³/mol. The maximum absolute atomic E-state index is 11.6. The number of nitrogens with zero attached hydrogens (tertiary/aromatic N) is 3. The highest BCUT2D eigenvalue weighted by Gasteiger charge is 2.41. The van der Waals surface area contributed by atoms with Crippen LogP contribution in [0.15, 0.2) is 35.1 Å². The number of rotatable bonds is 2. The summed E-state index contributed by atoms with van der Waals surface area (Å²) in [6, 6.07) is 10.5. The molecule has 0 bridgehead atoms. The third kappa shape index (κ3) is 3.08. The first kappa shape index (κ1) is 17.0. The Morgan fingerprint density at radius 2 is 1.93 bits per heavy atom. The summed E-state index contributed by atoms with van der Waals surface area (Å²) in [5.41, 5.74) is 3.08. The Morgan fingerprint density at radius 1 is 1.11 bits per heavy atom. The lowest BCUT2D eigenvalue weighted by Gasteiger charge is -2.48. The minimum absolute atomic E-state index is 0.0314. The average molecular weight is 365 g/mol. The summed E-state index contributed by atoms with van der Waals surface area (Å²) in [7, 11) is 1.69.